The van der Waals surface area contributed by atoms with Crippen molar-refractivity contribution in [3.05, 3.63) is 59.1 Å². The van der Waals surface area contributed by atoms with Gasteiger partial charge in [-0.1, -0.05) is 55.4 Å². The summed E-state index contributed by atoms with van der Waals surface area (Å²) in [5.41, 5.74) is 2.20. The molecule has 2 aliphatic heterocycles. The van der Waals surface area contributed by atoms with E-state index in [-0.39, 0.29) is 23.5 Å². The third-order valence-corrected chi connectivity index (χ3v) is 5.74. The molecule has 0 saturated carbocycles. The average Bonchev–Trinajstić information content (AvgIpc) is 3.04. The van der Waals surface area contributed by atoms with Crippen molar-refractivity contribution in [1.29, 1.82) is 0 Å². The number of nitrogens with one attached hydrogen (secondary N) is 1. The minimum absolute atomic E-state index is 0.0742. The third-order valence-electron chi connectivity index (χ3n) is 4.57. The van der Waals surface area contributed by atoms with Gasteiger partial charge in [-0.15, -0.1) is 0 Å². The van der Waals surface area contributed by atoms with Crippen LogP contribution in [0.2, 0.25) is 5.02 Å². The van der Waals surface area contributed by atoms with Gasteiger partial charge in [-0.2, -0.15) is 0 Å². The van der Waals surface area contributed by atoms with E-state index in [0.717, 1.165) is 11.3 Å². The fraction of sp³-hybridized carbons (Fsp3) is 0.238. The molecule has 0 aliphatic carbocycles. The molecule has 1 N–H and O–H groups in total. The minimum Gasteiger partial charge on any atom is -0.325 e. The van der Waals surface area contributed by atoms with Crippen LogP contribution in [0.1, 0.15) is 19.4 Å². The number of hydrogen-bond acceptors (Lipinski definition) is 5. The number of para-hydroxylation sites is 1. The monoisotopic (exact) mass is 426 g/mol. The first-order chi connectivity index (χ1) is 13.9. The van der Waals surface area contributed by atoms with Gasteiger partial charge in [-0.25, -0.2) is 9.89 Å². The van der Waals surface area contributed by atoms with E-state index < -0.39 is 6.04 Å². The second-order valence-electron chi connectivity index (χ2n) is 7.07. The molecule has 6 nitrogen and oxygen atoms in total. The van der Waals surface area contributed by atoms with Crippen molar-refractivity contribution in [2.45, 2.75) is 19.9 Å². The predicted molar refractivity (Wildman–Crippen MR) is 118 cm³/mol. The van der Waals surface area contributed by atoms with Crippen LogP contribution in [-0.4, -0.2) is 39.5 Å². The summed E-state index contributed by atoms with van der Waals surface area (Å²) in [5.74, 6) is 0.481. The van der Waals surface area contributed by atoms with Crippen molar-refractivity contribution in [1.82, 2.24) is 4.90 Å². The summed E-state index contributed by atoms with van der Waals surface area (Å²) < 4.78 is 0. The number of hydrogen-bond donors (Lipinski definition) is 1. The first-order valence-electron chi connectivity index (χ1n) is 9.22. The number of carbonyl (C=O) groups excluding carboxylic acids is 2. The molecule has 1 atom stereocenters. The molecule has 0 aromatic heterocycles. The topological polar surface area (TPSA) is 74.1 Å². The van der Waals surface area contributed by atoms with Crippen LogP contribution in [0, 0.1) is 5.92 Å². The standard InChI is InChI=1S/C21H19ClN4O2S/c1-12(2)18-20(28)26-19(25-18)15-8-3-4-9-16(15)24-21(26)29-11-17(27)23-14-7-5-6-13(22)10-14/h3-10,12,18H,11H2,1-2H3,(H,23,27). The van der Waals surface area contributed by atoms with E-state index in [2.05, 4.69) is 15.3 Å². The largest absolute Gasteiger partial charge is 0.325 e. The quantitative estimate of drug-likeness (QED) is 0.790. The van der Waals surface area contributed by atoms with Gasteiger partial charge in [0.05, 0.1) is 11.4 Å². The number of halogens is 1. The van der Waals surface area contributed by atoms with Crippen LogP contribution in [0.15, 0.2) is 58.5 Å². The Morgan fingerprint density at radius 3 is 2.79 bits per heavy atom. The van der Waals surface area contributed by atoms with Gasteiger partial charge < -0.3 is 5.32 Å². The number of rotatable bonds is 4. The Bertz CT molecular complexity index is 1050. The summed E-state index contributed by atoms with van der Waals surface area (Å²) in [7, 11) is 0. The molecule has 2 aromatic carbocycles. The molecule has 148 valence electrons. The first-order valence-corrected chi connectivity index (χ1v) is 10.6. The normalized spacial score (nSPS) is 17.6. The Labute approximate surface area is 178 Å². The lowest BCUT2D eigenvalue weighted by molar-refractivity contribution is -0.125. The molecule has 0 spiro atoms. The molecule has 2 aromatic rings. The Kier molecular flexibility index (Phi) is 5.43. The van der Waals surface area contributed by atoms with Gasteiger partial charge in [0.25, 0.3) is 5.91 Å². The van der Waals surface area contributed by atoms with Gasteiger partial charge in [-0.3, -0.25) is 14.6 Å². The minimum atomic E-state index is -0.442. The molecule has 2 amide bonds. The highest BCUT2D eigenvalue weighted by Crippen LogP contribution is 2.34. The van der Waals surface area contributed by atoms with Crippen LogP contribution >= 0.6 is 23.4 Å². The molecule has 0 bridgehead atoms. The van der Waals surface area contributed by atoms with Crippen molar-refractivity contribution >= 4 is 57.6 Å². The smallest absolute Gasteiger partial charge is 0.259 e. The molecule has 1 unspecified atom stereocenters. The second-order valence-corrected chi connectivity index (χ2v) is 8.45. The first kappa shape index (κ1) is 19.7. The van der Waals surface area contributed by atoms with Gasteiger partial charge in [0.15, 0.2) is 5.17 Å². The zero-order chi connectivity index (χ0) is 20.5. The highest BCUT2D eigenvalue weighted by atomic mass is 35.5. The maximum atomic E-state index is 13.0. The zero-order valence-electron chi connectivity index (χ0n) is 15.9. The second kappa shape index (κ2) is 8.00. The van der Waals surface area contributed by atoms with Gasteiger partial charge in [-0.05, 0) is 36.2 Å². The van der Waals surface area contributed by atoms with E-state index >= 15 is 0 Å². The third kappa shape index (κ3) is 3.93. The van der Waals surface area contributed by atoms with Gasteiger partial charge in [0.2, 0.25) is 5.91 Å². The van der Waals surface area contributed by atoms with Gasteiger partial charge in [0.1, 0.15) is 11.9 Å². The highest BCUT2D eigenvalue weighted by molar-refractivity contribution is 8.14. The Balaban J connectivity index is 1.55. The van der Waals surface area contributed by atoms with E-state index in [1.807, 2.05) is 38.1 Å². The van der Waals surface area contributed by atoms with E-state index in [1.165, 1.54) is 11.8 Å². The average molecular weight is 427 g/mol. The number of amides is 2. The van der Waals surface area contributed by atoms with E-state index in [4.69, 9.17) is 11.6 Å². The van der Waals surface area contributed by atoms with Crippen molar-refractivity contribution in [3.63, 3.8) is 0 Å². The fourth-order valence-electron chi connectivity index (χ4n) is 3.19. The molecule has 2 aliphatic rings. The number of amidine groups is 2. The number of benzene rings is 2. The fourth-order valence-corrected chi connectivity index (χ4v) is 4.19. The van der Waals surface area contributed by atoms with Crippen LogP contribution in [0.5, 0.6) is 0 Å². The van der Waals surface area contributed by atoms with Crippen molar-refractivity contribution in [3.8, 4) is 0 Å². The number of carbonyl (C=O) groups is 2. The number of aliphatic imine (C=N–C) groups is 2. The van der Waals surface area contributed by atoms with Crippen LogP contribution < -0.4 is 5.32 Å². The molecule has 4 rings (SSSR count). The molecular formula is C21H19ClN4O2S. The summed E-state index contributed by atoms with van der Waals surface area (Å²) >= 11 is 7.17. The summed E-state index contributed by atoms with van der Waals surface area (Å²) in [5, 5.41) is 3.82. The molecule has 0 fully saturated rings. The van der Waals surface area contributed by atoms with Crippen molar-refractivity contribution in [2.75, 3.05) is 11.1 Å². The summed E-state index contributed by atoms with van der Waals surface area (Å²) in [6.07, 6.45) is 0. The molecule has 0 saturated heterocycles. The van der Waals surface area contributed by atoms with Crippen LogP contribution in [-0.2, 0) is 9.59 Å². The zero-order valence-corrected chi connectivity index (χ0v) is 17.5. The van der Waals surface area contributed by atoms with Crippen LogP contribution in [0.25, 0.3) is 0 Å². The van der Waals surface area contributed by atoms with Gasteiger partial charge in [0, 0.05) is 16.3 Å². The summed E-state index contributed by atoms with van der Waals surface area (Å²) in [6, 6.07) is 14.1. The number of nitrogens with zero attached hydrogens (tertiary/aromatic N) is 3. The van der Waals surface area contributed by atoms with Crippen LogP contribution in [0.4, 0.5) is 11.4 Å². The predicted octanol–water partition coefficient (Wildman–Crippen LogP) is 4.33. The lowest BCUT2D eigenvalue weighted by atomic mass is 10.1. The number of anilines is 1. The Morgan fingerprint density at radius 1 is 1.24 bits per heavy atom. The Hall–Kier alpha value is -2.64. The lowest BCUT2D eigenvalue weighted by Crippen LogP contribution is -2.42. The maximum absolute atomic E-state index is 13.0. The number of thioether (sulfide) groups is 1. The highest BCUT2D eigenvalue weighted by Gasteiger charge is 2.42. The van der Waals surface area contributed by atoms with Crippen LogP contribution in [0.3, 0.4) is 0 Å². The molecular weight excluding hydrogens is 408 g/mol. The summed E-state index contributed by atoms with van der Waals surface area (Å²) in [6.45, 7) is 3.94. The Morgan fingerprint density at radius 2 is 2.03 bits per heavy atom. The number of fused-ring (bicyclic) bond motifs is 3. The van der Waals surface area contributed by atoms with E-state index in [1.54, 1.807) is 29.2 Å². The van der Waals surface area contributed by atoms with Gasteiger partial charge >= 0.3 is 0 Å². The SMILES string of the molecule is CC(C)C1N=C2c3ccccc3N=C(SCC(=O)Nc3cccc(Cl)c3)N2C1=O. The van der Waals surface area contributed by atoms with Crippen molar-refractivity contribution in [2.24, 2.45) is 15.9 Å². The van der Waals surface area contributed by atoms with E-state index in [0.29, 0.717) is 21.7 Å². The maximum Gasteiger partial charge on any atom is 0.259 e. The van der Waals surface area contributed by atoms with Crippen molar-refractivity contribution < 1.29 is 9.59 Å². The molecule has 29 heavy (non-hydrogen) atoms. The molecule has 8 heteroatoms. The molecule has 2 heterocycles. The molecule has 0 radical (unpaired) electrons. The van der Waals surface area contributed by atoms with E-state index in [9.17, 15) is 9.59 Å². The summed E-state index contributed by atoms with van der Waals surface area (Å²) in [4.78, 5) is 36.2. The lowest BCUT2D eigenvalue weighted by Gasteiger charge is -2.25.